The minimum absolute atomic E-state index is 0.135. The van der Waals surface area contributed by atoms with Crippen molar-refractivity contribution in [1.82, 2.24) is 5.32 Å². The Labute approximate surface area is 117 Å². The van der Waals surface area contributed by atoms with Crippen molar-refractivity contribution >= 4 is 23.4 Å². The van der Waals surface area contributed by atoms with Gasteiger partial charge in [0, 0.05) is 19.0 Å². The summed E-state index contributed by atoms with van der Waals surface area (Å²) >= 11 is 0. The normalized spacial score (nSPS) is 22.3. The Morgan fingerprint density at radius 1 is 1.30 bits per heavy atom. The van der Waals surface area contributed by atoms with Crippen molar-refractivity contribution < 1.29 is 14.4 Å². The quantitative estimate of drug-likeness (QED) is 0.824. The third kappa shape index (κ3) is 2.57. The third-order valence-corrected chi connectivity index (χ3v) is 3.83. The van der Waals surface area contributed by atoms with E-state index < -0.39 is 5.41 Å². The molecule has 20 heavy (non-hydrogen) atoms. The molecule has 0 spiro atoms. The van der Waals surface area contributed by atoms with E-state index >= 15 is 0 Å². The molecule has 3 amide bonds. The Morgan fingerprint density at radius 3 is 2.45 bits per heavy atom. The summed E-state index contributed by atoms with van der Waals surface area (Å²) < 4.78 is 0. The second-order valence-electron chi connectivity index (χ2n) is 5.07. The lowest BCUT2D eigenvalue weighted by Gasteiger charge is -2.35. The standard InChI is InChI=1S/C15H18N2O3/c1-3-15(9-8-13(19)17-14(15)20)11-4-6-12(7-5-11)16-10(2)18/h4-7H,3,8-9H2,1-2H3,(H,16,18)(H,17,19,20)/t15-/m0/s1. The maximum Gasteiger partial charge on any atom is 0.237 e. The second kappa shape index (κ2) is 5.45. The fraction of sp³-hybridized carbons (Fsp3) is 0.400. The van der Waals surface area contributed by atoms with Gasteiger partial charge in [-0.3, -0.25) is 19.7 Å². The zero-order chi connectivity index (χ0) is 14.8. The van der Waals surface area contributed by atoms with E-state index in [0.717, 1.165) is 5.56 Å². The first-order valence-corrected chi connectivity index (χ1v) is 6.70. The minimum atomic E-state index is -0.650. The molecule has 1 fully saturated rings. The molecule has 1 aromatic carbocycles. The molecule has 5 heteroatoms. The number of rotatable bonds is 3. The summed E-state index contributed by atoms with van der Waals surface area (Å²) in [5.74, 6) is -0.582. The van der Waals surface area contributed by atoms with E-state index in [1.165, 1.54) is 6.92 Å². The average Bonchev–Trinajstić information content (AvgIpc) is 2.40. The summed E-state index contributed by atoms with van der Waals surface area (Å²) in [5, 5.41) is 5.11. The molecule has 1 atom stereocenters. The molecule has 1 aliphatic rings. The Balaban J connectivity index is 2.30. The third-order valence-electron chi connectivity index (χ3n) is 3.83. The zero-order valence-electron chi connectivity index (χ0n) is 11.7. The Hall–Kier alpha value is -2.17. The van der Waals surface area contributed by atoms with Gasteiger partial charge in [-0.05, 0) is 30.5 Å². The highest BCUT2D eigenvalue weighted by Crippen LogP contribution is 2.36. The molecule has 0 unspecified atom stereocenters. The van der Waals surface area contributed by atoms with Crippen molar-refractivity contribution in [1.29, 1.82) is 0 Å². The monoisotopic (exact) mass is 274 g/mol. The van der Waals surface area contributed by atoms with Gasteiger partial charge in [0.2, 0.25) is 17.7 Å². The van der Waals surface area contributed by atoms with Crippen molar-refractivity contribution in [2.45, 2.75) is 38.5 Å². The highest BCUT2D eigenvalue weighted by Gasteiger charge is 2.42. The Kier molecular flexibility index (Phi) is 3.88. The summed E-state index contributed by atoms with van der Waals surface area (Å²) in [6.07, 6.45) is 1.51. The molecule has 2 rings (SSSR count). The first-order chi connectivity index (χ1) is 9.48. The van der Waals surface area contributed by atoms with Gasteiger partial charge in [0.05, 0.1) is 5.41 Å². The van der Waals surface area contributed by atoms with E-state index in [0.29, 0.717) is 24.9 Å². The fourth-order valence-corrected chi connectivity index (χ4v) is 2.64. The van der Waals surface area contributed by atoms with Crippen molar-refractivity contribution in [2.75, 3.05) is 5.32 Å². The van der Waals surface area contributed by atoms with Crippen LogP contribution in [0, 0.1) is 0 Å². The van der Waals surface area contributed by atoms with Crippen LogP contribution in [0.2, 0.25) is 0 Å². The lowest BCUT2D eigenvalue weighted by atomic mass is 9.72. The lowest BCUT2D eigenvalue weighted by Crippen LogP contribution is -2.51. The van der Waals surface area contributed by atoms with Gasteiger partial charge in [0.15, 0.2) is 0 Å². The molecule has 106 valence electrons. The van der Waals surface area contributed by atoms with Gasteiger partial charge in [-0.15, -0.1) is 0 Å². The number of piperidine rings is 1. The Morgan fingerprint density at radius 2 is 1.95 bits per heavy atom. The van der Waals surface area contributed by atoms with Crippen LogP contribution in [0.4, 0.5) is 5.69 Å². The predicted octanol–water partition coefficient (Wildman–Crippen LogP) is 1.73. The van der Waals surface area contributed by atoms with Crippen LogP contribution in [-0.2, 0) is 19.8 Å². The smallest absolute Gasteiger partial charge is 0.237 e. The number of nitrogens with one attached hydrogen (secondary N) is 2. The first kappa shape index (κ1) is 14.2. The molecule has 5 nitrogen and oxygen atoms in total. The number of hydrogen-bond acceptors (Lipinski definition) is 3. The van der Waals surface area contributed by atoms with Crippen LogP contribution in [0.15, 0.2) is 24.3 Å². The van der Waals surface area contributed by atoms with E-state index in [1.807, 2.05) is 19.1 Å². The van der Waals surface area contributed by atoms with E-state index in [1.54, 1.807) is 12.1 Å². The van der Waals surface area contributed by atoms with Crippen molar-refractivity contribution in [3.63, 3.8) is 0 Å². The summed E-state index contributed by atoms with van der Waals surface area (Å²) in [6.45, 7) is 3.39. The largest absolute Gasteiger partial charge is 0.326 e. The van der Waals surface area contributed by atoms with Gasteiger partial charge in [-0.2, -0.15) is 0 Å². The van der Waals surface area contributed by atoms with E-state index in [4.69, 9.17) is 0 Å². The van der Waals surface area contributed by atoms with Crippen molar-refractivity contribution in [3.8, 4) is 0 Å². The maximum atomic E-state index is 12.2. The highest BCUT2D eigenvalue weighted by atomic mass is 16.2. The molecule has 1 aromatic rings. The molecule has 0 aliphatic carbocycles. The van der Waals surface area contributed by atoms with Gasteiger partial charge >= 0.3 is 0 Å². The van der Waals surface area contributed by atoms with E-state index in [9.17, 15) is 14.4 Å². The molecular formula is C15H18N2O3. The van der Waals surface area contributed by atoms with Gasteiger partial charge in [-0.1, -0.05) is 19.1 Å². The molecule has 0 saturated carbocycles. The van der Waals surface area contributed by atoms with Crippen LogP contribution in [0.3, 0.4) is 0 Å². The Bertz CT molecular complexity index is 551. The number of carbonyl (C=O) groups is 3. The number of anilines is 1. The fourth-order valence-electron chi connectivity index (χ4n) is 2.64. The van der Waals surface area contributed by atoms with Gasteiger partial charge in [0.1, 0.15) is 0 Å². The summed E-state index contributed by atoms with van der Waals surface area (Å²) in [5.41, 5.74) is 0.918. The van der Waals surface area contributed by atoms with Crippen LogP contribution in [0.5, 0.6) is 0 Å². The molecule has 0 radical (unpaired) electrons. The summed E-state index contributed by atoms with van der Waals surface area (Å²) in [4.78, 5) is 34.5. The zero-order valence-corrected chi connectivity index (χ0v) is 11.7. The van der Waals surface area contributed by atoms with Crippen LogP contribution in [-0.4, -0.2) is 17.7 Å². The van der Waals surface area contributed by atoms with Gasteiger partial charge in [0.25, 0.3) is 0 Å². The SMILES string of the molecule is CC[C@@]1(c2ccc(NC(C)=O)cc2)CCC(=O)NC1=O. The lowest BCUT2D eigenvalue weighted by molar-refractivity contribution is -0.138. The van der Waals surface area contributed by atoms with Gasteiger partial charge < -0.3 is 5.32 Å². The molecule has 0 aromatic heterocycles. The number of carbonyl (C=O) groups excluding carboxylic acids is 3. The number of hydrogen-bond donors (Lipinski definition) is 2. The molecule has 2 N–H and O–H groups in total. The topological polar surface area (TPSA) is 75.3 Å². The van der Waals surface area contributed by atoms with E-state index in [2.05, 4.69) is 10.6 Å². The molecule has 1 saturated heterocycles. The number of benzene rings is 1. The average molecular weight is 274 g/mol. The highest BCUT2D eigenvalue weighted by molar-refractivity contribution is 6.03. The number of amides is 3. The second-order valence-corrected chi connectivity index (χ2v) is 5.07. The van der Waals surface area contributed by atoms with Crippen LogP contribution in [0.25, 0.3) is 0 Å². The minimum Gasteiger partial charge on any atom is -0.326 e. The van der Waals surface area contributed by atoms with Gasteiger partial charge in [-0.25, -0.2) is 0 Å². The summed E-state index contributed by atoms with van der Waals surface area (Å²) in [6, 6.07) is 7.23. The predicted molar refractivity (Wildman–Crippen MR) is 75.1 cm³/mol. The first-order valence-electron chi connectivity index (χ1n) is 6.70. The van der Waals surface area contributed by atoms with Crippen molar-refractivity contribution in [3.05, 3.63) is 29.8 Å². The molecule has 0 bridgehead atoms. The van der Waals surface area contributed by atoms with Crippen LogP contribution >= 0.6 is 0 Å². The summed E-state index contributed by atoms with van der Waals surface area (Å²) in [7, 11) is 0. The molecular weight excluding hydrogens is 256 g/mol. The maximum absolute atomic E-state index is 12.2. The van der Waals surface area contributed by atoms with Crippen LogP contribution < -0.4 is 10.6 Å². The number of imide groups is 1. The van der Waals surface area contributed by atoms with Crippen LogP contribution in [0.1, 0.15) is 38.7 Å². The molecule has 1 heterocycles. The van der Waals surface area contributed by atoms with E-state index in [-0.39, 0.29) is 17.7 Å². The van der Waals surface area contributed by atoms with Crippen molar-refractivity contribution in [2.24, 2.45) is 0 Å². The molecule has 1 aliphatic heterocycles.